The van der Waals surface area contributed by atoms with E-state index in [2.05, 4.69) is 4.98 Å². The molecule has 2 aromatic rings. The fourth-order valence-corrected chi connectivity index (χ4v) is 1.88. The zero-order chi connectivity index (χ0) is 16.3. The Hall–Kier alpha value is -2.20. The second-order valence-electron chi connectivity index (χ2n) is 5.80. The lowest BCUT2D eigenvalue weighted by atomic mass is 9.97. The zero-order valence-corrected chi connectivity index (χ0v) is 13.3. The first-order chi connectivity index (χ1) is 10.3. The molecule has 0 N–H and O–H groups in total. The Morgan fingerprint density at radius 1 is 1.09 bits per heavy atom. The van der Waals surface area contributed by atoms with E-state index in [0.29, 0.717) is 0 Å². The van der Waals surface area contributed by atoms with E-state index in [9.17, 15) is 9.59 Å². The molecular formula is C17H16ClNO3. The SMILES string of the molecule is CC(C)(C)C(=O)Oc1ccccc1C(=O)c1ncccc1Cl. The van der Waals surface area contributed by atoms with E-state index in [1.165, 1.54) is 6.20 Å². The van der Waals surface area contributed by atoms with Gasteiger partial charge in [-0.3, -0.25) is 14.6 Å². The maximum Gasteiger partial charge on any atom is 0.316 e. The molecule has 0 saturated heterocycles. The summed E-state index contributed by atoms with van der Waals surface area (Å²) in [4.78, 5) is 28.6. The number of carbonyl (C=O) groups excluding carboxylic acids is 2. The van der Waals surface area contributed by atoms with E-state index in [1.807, 2.05) is 0 Å². The van der Waals surface area contributed by atoms with Gasteiger partial charge < -0.3 is 4.74 Å². The van der Waals surface area contributed by atoms with Gasteiger partial charge in [0.15, 0.2) is 0 Å². The van der Waals surface area contributed by atoms with Crippen LogP contribution in [0.25, 0.3) is 0 Å². The zero-order valence-electron chi connectivity index (χ0n) is 12.6. The lowest BCUT2D eigenvalue weighted by Crippen LogP contribution is -2.26. The second-order valence-corrected chi connectivity index (χ2v) is 6.21. The molecule has 5 heteroatoms. The van der Waals surface area contributed by atoms with Crippen LogP contribution in [0.1, 0.15) is 36.8 Å². The molecule has 0 amide bonds. The van der Waals surface area contributed by atoms with Gasteiger partial charge in [-0.05, 0) is 45.0 Å². The molecule has 0 saturated carbocycles. The Labute approximate surface area is 134 Å². The van der Waals surface area contributed by atoms with Crippen molar-refractivity contribution < 1.29 is 14.3 Å². The van der Waals surface area contributed by atoms with Gasteiger partial charge in [-0.1, -0.05) is 23.7 Å². The Kier molecular flexibility index (Phi) is 4.62. The summed E-state index contributed by atoms with van der Waals surface area (Å²) in [5.41, 5.74) is -0.289. The van der Waals surface area contributed by atoms with E-state index in [1.54, 1.807) is 57.2 Å². The smallest absolute Gasteiger partial charge is 0.316 e. The fourth-order valence-electron chi connectivity index (χ4n) is 1.68. The van der Waals surface area contributed by atoms with Gasteiger partial charge in [0.25, 0.3) is 0 Å². The molecule has 1 aromatic heterocycles. The van der Waals surface area contributed by atoms with Crippen molar-refractivity contribution in [2.24, 2.45) is 5.41 Å². The van der Waals surface area contributed by atoms with Gasteiger partial charge in [-0.2, -0.15) is 0 Å². The minimum Gasteiger partial charge on any atom is -0.425 e. The lowest BCUT2D eigenvalue weighted by molar-refractivity contribution is -0.143. The van der Waals surface area contributed by atoms with Crippen LogP contribution in [-0.4, -0.2) is 16.7 Å². The molecule has 0 atom stereocenters. The number of hydrogen-bond acceptors (Lipinski definition) is 4. The number of esters is 1. The molecule has 4 nitrogen and oxygen atoms in total. The third kappa shape index (κ3) is 3.52. The van der Waals surface area contributed by atoms with Gasteiger partial charge in [0, 0.05) is 6.20 Å². The largest absolute Gasteiger partial charge is 0.425 e. The molecule has 0 fully saturated rings. The maximum absolute atomic E-state index is 12.6. The van der Waals surface area contributed by atoms with E-state index < -0.39 is 11.4 Å². The number of ether oxygens (including phenoxy) is 1. The summed E-state index contributed by atoms with van der Waals surface area (Å²) in [6, 6.07) is 9.78. The summed E-state index contributed by atoms with van der Waals surface area (Å²) in [6.45, 7) is 5.24. The van der Waals surface area contributed by atoms with Crippen LogP contribution in [0.4, 0.5) is 0 Å². The number of halogens is 1. The molecule has 2 rings (SSSR count). The highest BCUT2D eigenvalue weighted by molar-refractivity contribution is 6.34. The molecule has 1 aromatic carbocycles. The quantitative estimate of drug-likeness (QED) is 0.489. The highest BCUT2D eigenvalue weighted by atomic mass is 35.5. The Balaban J connectivity index is 2.39. The Morgan fingerprint density at radius 2 is 1.77 bits per heavy atom. The van der Waals surface area contributed by atoms with Crippen molar-refractivity contribution in [1.29, 1.82) is 0 Å². The first-order valence-corrected chi connectivity index (χ1v) is 7.15. The van der Waals surface area contributed by atoms with Crippen LogP contribution < -0.4 is 4.74 Å². The normalized spacial score (nSPS) is 11.1. The Morgan fingerprint density at radius 3 is 2.41 bits per heavy atom. The van der Waals surface area contributed by atoms with Crippen LogP contribution in [0.5, 0.6) is 5.75 Å². The molecule has 0 unspecified atom stereocenters. The molecule has 0 spiro atoms. The first-order valence-electron chi connectivity index (χ1n) is 6.77. The molecule has 22 heavy (non-hydrogen) atoms. The highest BCUT2D eigenvalue weighted by Crippen LogP contribution is 2.26. The van der Waals surface area contributed by atoms with Crippen LogP contribution in [-0.2, 0) is 4.79 Å². The molecule has 0 radical (unpaired) electrons. The van der Waals surface area contributed by atoms with Crippen molar-refractivity contribution in [2.75, 3.05) is 0 Å². The minimum atomic E-state index is -0.668. The van der Waals surface area contributed by atoms with Gasteiger partial charge in [-0.25, -0.2) is 0 Å². The lowest BCUT2D eigenvalue weighted by Gasteiger charge is -2.17. The number of para-hydroxylation sites is 1. The predicted octanol–water partition coefficient (Wildman–Crippen LogP) is 3.92. The van der Waals surface area contributed by atoms with Gasteiger partial charge in [0.2, 0.25) is 5.78 Å². The fraction of sp³-hybridized carbons (Fsp3) is 0.235. The van der Waals surface area contributed by atoms with Crippen molar-refractivity contribution in [3.63, 3.8) is 0 Å². The van der Waals surface area contributed by atoms with Crippen molar-refractivity contribution in [2.45, 2.75) is 20.8 Å². The van der Waals surface area contributed by atoms with Gasteiger partial charge in [-0.15, -0.1) is 0 Å². The molecule has 0 aliphatic rings. The summed E-state index contributed by atoms with van der Waals surface area (Å²) in [5.74, 6) is -0.600. The maximum atomic E-state index is 12.6. The van der Waals surface area contributed by atoms with Crippen molar-refractivity contribution in [3.05, 3.63) is 58.9 Å². The molecule has 0 bridgehead atoms. The third-order valence-electron chi connectivity index (χ3n) is 2.92. The predicted molar refractivity (Wildman–Crippen MR) is 84.2 cm³/mol. The number of ketones is 1. The molecule has 0 aliphatic carbocycles. The number of pyridine rings is 1. The van der Waals surface area contributed by atoms with Crippen LogP contribution in [0.2, 0.25) is 5.02 Å². The summed E-state index contributed by atoms with van der Waals surface area (Å²) in [7, 11) is 0. The average Bonchev–Trinajstić information content (AvgIpc) is 2.46. The summed E-state index contributed by atoms with van der Waals surface area (Å²) in [5, 5.41) is 0.254. The molecular weight excluding hydrogens is 302 g/mol. The minimum absolute atomic E-state index is 0.128. The number of carbonyl (C=O) groups is 2. The van der Waals surface area contributed by atoms with Gasteiger partial charge in [0.05, 0.1) is 16.0 Å². The van der Waals surface area contributed by atoms with Crippen molar-refractivity contribution in [3.8, 4) is 5.75 Å². The van der Waals surface area contributed by atoms with Crippen molar-refractivity contribution in [1.82, 2.24) is 4.98 Å². The average molecular weight is 318 g/mol. The van der Waals surface area contributed by atoms with Gasteiger partial charge in [0.1, 0.15) is 11.4 Å². The number of aromatic nitrogens is 1. The van der Waals surface area contributed by atoms with E-state index in [0.717, 1.165) is 0 Å². The molecule has 1 heterocycles. The van der Waals surface area contributed by atoms with Crippen LogP contribution in [0.15, 0.2) is 42.6 Å². The number of nitrogens with zero attached hydrogens (tertiary/aromatic N) is 1. The second kappa shape index (κ2) is 6.28. The summed E-state index contributed by atoms with van der Waals surface area (Å²) in [6.07, 6.45) is 1.49. The van der Waals surface area contributed by atoms with Gasteiger partial charge >= 0.3 is 5.97 Å². The monoisotopic (exact) mass is 317 g/mol. The van der Waals surface area contributed by atoms with E-state index >= 15 is 0 Å². The molecule has 0 aliphatic heterocycles. The van der Waals surface area contributed by atoms with Crippen LogP contribution in [0, 0.1) is 5.41 Å². The summed E-state index contributed by atoms with van der Waals surface area (Å²) >= 11 is 6.01. The van der Waals surface area contributed by atoms with E-state index in [4.69, 9.17) is 16.3 Å². The Bertz CT molecular complexity index is 720. The van der Waals surface area contributed by atoms with Crippen LogP contribution in [0.3, 0.4) is 0 Å². The number of rotatable bonds is 3. The van der Waals surface area contributed by atoms with E-state index in [-0.39, 0.29) is 27.8 Å². The highest BCUT2D eigenvalue weighted by Gasteiger charge is 2.26. The number of benzene rings is 1. The topological polar surface area (TPSA) is 56.3 Å². The van der Waals surface area contributed by atoms with Crippen molar-refractivity contribution >= 4 is 23.4 Å². The van der Waals surface area contributed by atoms with Crippen LogP contribution >= 0.6 is 11.6 Å². The summed E-state index contributed by atoms with van der Waals surface area (Å²) < 4.78 is 5.36. The molecule has 114 valence electrons. The number of hydrogen-bond donors (Lipinski definition) is 0. The standard InChI is InChI=1S/C17H16ClNO3/c1-17(2,3)16(21)22-13-9-5-4-7-11(13)15(20)14-12(18)8-6-10-19-14/h4-10H,1-3H3. The third-order valence-corrected chi connectivity index (χ3v) is 3.23. The first kappa shape index (κ1) is 16.2.